The van der Waals surface area contributed by atoms with E-state index in [-0.39, 0.29) is 17.6 Å². The van der Waals surface area contributed by atoms with Gasteiger partial charge in [-0.25, -0.2) is 0 Å². The molecule has 1 aliphatic rings. The summed E-state index contributed by atoms with van der Waals surface area (Å²) in [7, 11) is 1.66. The van der Waals surface area contributed by atoms with Gasteiger partial charge in [0.25, 0.3) is 0 Å². The first-order valence-corrected chi connectivity index (χ1v) is 7.64. The molecular weight excluding hydrogens is 296 g/mol. The van der Waals surface area contributed by atoms with Gasteiger partial charge in [-0.1, -0.05) is 6.07 Å². The number of aromatic nitrogens is 1. The molecule has 0 spiro atoms. The molecule has 2 heterocycles. The zero-order chi connectivity index (χ0) is 16.2. The maximum atomic E-state index is 11.8. The molecule has 23 heavy (non-hydrogen) atoms. The van der Waals surface area contributed by atoms with Crippen LogP contribution in [0.15, 0.2) is 34.9 Å². The molecule has 2 aromatic rings. The summed E-state index contributed by atoms with van der Waals surface area (Å²) in [5.41, 5.74) is 0.695. The van der Waals surface area contributed by atoms with E-state index in [1.54, 1.807) is 31.4 Å². The molecule has 0 unspecified atom stereocenters. The van der Waals surface area contributed by atoms with E-state index in [9.17, 15) is 9.90 Å². The van der Waals surface area contributed by atoms with Gasteiger partial charge in [-0.3, -0.25) is 4.79 Å². The van der Waals surface area contributed by atoms with Crippen molar-refractivity contribution >= 4 is 23.5 Å². The molecule has 1 fully saturated rings. The first-order valence-electron chi connectivity index (χ1n) is 7.64. The molecular formula is C16H20N4O3. The molecule has 122 valence electrons. The smallest absolute Gasteiger partial charge is 0.300 e. The predicted octanol–water partition coefficient (Wildman–Crippen LogP) is 2.09. The van der Waals surface area contributed by atoms with Crippen molar-refractivity contribution < 1.29 is 14.3 Å². The van der Waals surface area contributed by atoms with Gasteiger partial charge in [0, 0.05) is 31.9 Å². The van der Waals surface area contributed by atoms with Crippen LogP contribution in [0.2, 0.25) is 0 Å². The SMILES string of the molecule is CNC(=O)[C@@H]1CCCN(c2cnc(Nc3cccc(O)c3)o2)C1. The maximum Gasteiger partial charge on any atom is 0.300 e. The van der Waals surface area contributed by atoms with E-state index in [1.165, 1.54) is 0 Å². The predicted molar refractivity (Wildman–Crippen MR) is 86.9 cm³/mol. The third kappa shape index (κ3) is 3.56. The standard InChI is InChI=1S/C16H20N4O3/c1-17-15(22)11-4-3-7-20(10-11)14-9-18-16(23-14)19-12-5-2-6-13(21)8-12/h2,5-6,8-9,11,21H,3-4,7,10H2,1H3,(H,17,22)(H,18,19)/t11-/m1/s1. The summed E-state index contributed by atoms with van der Waals surface area (Å²) in [5.74, 6) is 0.848. The van der Waals surface area contributed by atoms with Crippen molar-refractivity contribution in [2.45, 2.75) is 12.8 Å². The van der Waals surface area contributed by atoms with E-state index in [0.717, 1.165) is 19.4 Å². The summed E-state index contributed by atoms with van der Waals surface area (Å²) in [4.78, 5) is 18.0. The Labute approximate surface area is 134 Å². The van der Waals surface area contributed by atoms with Crippen molar-refractivity contribution in [3.8, 4) is 5.75 Å². The van der Waals surface area contributed by atoms with E-state index in [0.29, 0.717) is 24.1 Å². The molecule has 1 aromatic carbocycles. The second-order valence-electron chi connectivity index (χ2n) is 5.58. The van der Waals surface area contributed by atoms with Gasteiger partial charge < -0.3 is 25.1 Å². The number of hydrogen-bond acceptors (Lipinski definition) is 6. The van der Waals surface area contributed by atoms with Gasteiger partial charge in [0.2, 0.25) is 11.8 Å². The van der Waals surface area contributed by atoms with Gasteiger partial charge >= 0.3 is 6.01 Å². The van der Waals surface area contributed by atoms with Crippen molar-refractivity contribution in [3.05, 3.63) is 30.5 Å². The van der Waals surface area contributed by atoms with Crippen molar-refractivity contribution in [1.82, 2.24) is 10.3 Å². The monoisotopic (exact) mass is 316 g/mol. The fraction of sp³-hybridized carbons (Fsp3) is 0.375. The Morgan fingerprint density at radius 2 is 2.35 bits per heavy atom. The molecule has 0 radical (unpaired) electrons. The maximum absolute atomic E-state index is 11.8. The number of phenols is 1. The molecule has 7 heteroatoms. The Morgan fingerprint density at radius 3 is 3.13 bits per heavy atom. The molecule has 1 aliphatic heterocycles. The number of hydrogen-bond donors (Lipinski definition) is 3. The second-order valence-corrected chi connectivity index (χ2v) is 5.58. The third-order valence-corrected chi connectivity index (χ3v) is 3.94. The zero-order valence-corrected chi connectivity index (χ0v) is 13.0. The van der Waals surface area contributed by atoms with Gasteiger partial charge in [-0.15, -0.1) is 0 Å². The highest BCUT2D eigenvalue weighted by Gasteiger charge is 2.26. The fourth-order valence-corrected chi connectivity index (χ4v) is 2.77. The molecule has 0 bridgehead atoms. The van der Waals surface area contributed by atoms with Gasteiger partial charge in [0.15, 0.2) is 0 Å². The van der Waals surface area contributed by atoms with Gasteiger partial charge in [-0.2, -0.15) is 4.98 Å². The van der Waals surface area contributed by atoms with Crippen molar-refractivity contribution in [1.29, 1.82) is 0 Å². The van der Waals surface area contributed by atoms with E-state index in [4.69, 9.17) is 4.42 Å². The van der Waals surface area contributed by atoms with E-state index in [2.05, 4.69) is 15.6 Å². The Balaban J connectivity index is 1.68. The Morgan fingerprint density at radius 1 is 1.48 bits per heavy atom. The van der Waals surface area contributed by atoms with Crippen molar-refractivity contribution in [2.75, 3.05) is 30.4 Å². The van der Waals surface area contributed by atoms with Crippen LogP contribution in [-0.2, 0) is 4.79 Å². The first kappa shape index (κ1) is 15.2. The number of anilines is 3. The molecule has 1 aromatic heterocycles. The Hall–Kier alpha value is -2.70. The molecule has 3 rings (SSSR count). The zero-order valence-electron chi connectivity index (χ0n) is 13.0. The van der Waals surface area contributed by atoms with Gasteiger partial charge in [-0.05, 0) is 25.0 Å². The Kier molecular flexibility index (Phi) is 4.36. The quantitative estimate of drug-likeness (QED) is 0.800. The van der Waals surface area contributed by atoms with Crippen LogP contribution in [0.5, 0.6) is 5.75 Å². The van der Waals surface area contributed by atoms with Crippen LogP contribution in [0.3, 0.4) is 0 Å². The number of amides is 1. The summed E-state index contributed by atoms with van der Waals surface area (Å²) in [6, 6.07) is 7.09. The van der Waals surface area contributed by atoms with E-state index in [1.807, 2.05) is 11.0 Å². The van der Waals surface area contributed by atoms with E-state index < -0.39 is 0 Å². The third-order valence-electron chi connectivity index (χ3n) is 3.94. The Bertz CT molecular complexity index is 685. The fourth-order valence-electron chi connectivity index (χ4n) is 2.77. The largest absolute Gasteiger partial charge is 0.508 e. The number of rotatable bonds is 4. The lowest BCUT2D eigenvalue weighted by atomic mass is 9.97. The van der Waals surface area contributed by atoms with Crippen LogP contribution in [-0.4, -0.2) is 36.1 Å². The molecule has 0 aliphatic carbocycles. The average Bonchev–Trinajstić information content (AvgIpc) is 3.03. The lowest BCUT2D eigenvalue weighted by molar-refractivity contribution is -0.124. The minimum atomic E-state index is -0.0265. The van der Waals surface area contributed by atoms with Crippen LogP contribution >= 0.6 is 0 Å². The number of nitrogens with one attached hydrogen (secondary N) is 2. The topological polar surface area (TPSA) is 90.6 Å². The highest BCUT2D eigenvalue weighted by atomic mass is 16.4. The van der Waals surface area contributed by atoms with Gasteiger partial charge in [0.1, 0.15) is 5.75 Å². The van der Waals surface area contributed by atoms with Crippen LogP contribution in [0, 0.1) is 5.92 Å². The molecule has 7 nitrogen and oxygen atoms in total. The number of carbonyl (C=O) groups excluding carboxylic acids is 1. The van der Waals surface area contributed by atoms with Gasteiger partial charge in [0.05, 0.1) is 12.1 Å². The highest BCUT2D eigenvalue weighted by molar-refractivity contribution is 5.79. The molecule has 1 amide bonds. The van der Waals surface area contributed by atoms with Crippen LogP contribution < -0.4 is 15.5 Å². The molecule has 1 atom stereocenters. The first-order chi connectivity index (χ1) is 11.2. The summed E-state index contributed by atoms with van der Waals surface area (Å²) in [6.07, 6.45) is 3.48. The molecule has 3 N–H and O–H groups in total. The number of nitrogens with zero attached hydrogens (tertiary/aromatic N) is 2. The number of aromatic hydroxyl groups is 1. The van der Waals surface area contributed by atoms with Crippen LogP contribution in [0.4, 0.5) is 17.6 Å². The summed E-state index contributed by atoms with van der Waals surface area (Å²) in [6.45, 7) is 1.47. The molecule has 1 saturated heterocycles. The van der Waals surface area contributed by atoms with Crippen molar-refractivity contribution in [3.63, 3.8) is 0 Å². The minimum Gasteiger partial charge on any atom is -0.508 e. The summed E-state index contributed by atoms with van der Waals surface area (Å²) < 4.78 is 5.72. The number of benzene rings is 1. The summed E-state index contributed by atoms with van der Waals surface area (Å²) >= 11 is 0. The lowest BCUT2D eigenvalue weighted by Crippen LogP contribution is -2.42. The number of carbonyl (C=O) groups is 1. The normalized spacial score (nSPS) is 17.8. The average molecular weight is 316 g/mol. The number of phenolic OH excluding ortho intramolecular Hbond substituents is 1. The highest BCUT2D eigenvalue weighted by Crippen LogP contribution is 2.27. The lowest BCUT2D eigenvalue weighted by Gasteiger charge is -2.31. The van der Waals surface area contributed by atoms with Crippen molar-refractivity contribution in [2.24, 2.45) is 5.92 Å². The van der Waals surface area contributed by atoms with Crippen LogP contribution in [0.1, 0.15) is 12.8 Å². The number of oxazole rings is 1. The number of piperidine rings is 1. The van der Waals surface area contributed by atoms with Crippen LogP contribution in [0.25, 0.3) is 0 Å². The second kappa shape index (κ2) is 6.60. The summed E-state index contributed by atoms with van der Waals surface area (Å²) in [5, 5.41) is 15.2. The van der Waals surface area contributed by atoms with E-state index >= 15 is 0 Å². The minimum absolute atomic E-state index is 0.0265. The molecule has 0 saturated carbocycles.